The molecule has 1 aromatic carbocycles. The molecule has 2 aliphatic carbocycles. The van der Waals surface area contributed by atoms with Crippen LogP contribution >= 0.6 is 0 Å². The lowest BCUT2D eigenvalue weighted by molar-refractivity contribution is -0.142. The summed E-state index contributed by atoms with van der Waals surface area (Å²) in [4.78, 5) is 45.0. The van der Waals surface area contributed by atoms with Crippen LogP contribution in [0.3, 0.4) is 0 Å². The minimum atomic E-state index is -1.00. The molecule has 3 amide bonds. The molecule has 2 aromatic rings. The van der Waals surface area contributed by atoms with E-state index in [9.17, 15) is 14.4 Å². The highest BCUT2D eigenvalue weighted by atomic mass is 16.4. The van der Waals surface area contributed by atoms with Gasteiger partial charge in [-0.05, 0) is 81.0 Å². The largest absolute Gasteiger partial charge is 0.465 e. The van der Waals surface area contributed by atoms with Gasteiger partial charge in [-0.2, -0.15) is 0 Å². The first-order valence-corrected chi connectivity index (χ1v) is 14.4. The molecule has 8 nitrogen and oxygen atoms in total. The van der Waals surface area contributed by atoms with Crippen molar-refractivity contribution in [2.24, 2.45) is 23.7 Å². The van der Waals surface area contributed by atoms with E-state index in [1.165, 1.54) is 19.3 Å². The monoisotopic (exact) mass is 520 g/mol. The number of carboxylic acid groups (broad SMARTS) is 1. The van der Waals surface area contributed by atoms with Gasteiger partial charge in [-0.3, -0.25) is 14.6 Å². The number of anilines is 1. The molecule has 3 fully saturated rings. The smallest absolute Gasteiger partial charge is 0.404 e. The molecule has 0 spiro atoms. The van der Waals surface area contributed by atoms with Crippen molar-refractivity contribution in [1.82, 2.24) is 15.2 Å². The summed E-state index contributed by atoms with van der Waals surface area (Å²) in [7, 11) is 0. The minimum absolute atomic E-state index is 0.0809. The Bertz CT molecular complexity index is 1160. The number of pyridine rings is 1. The van der Waals surface area contributed by atoms with Gasteiger partial charge >= 0.3 is 6.09 Å². The van der Waals surface area contributed by atoms with Crippen molar-refractivity contribution in [3.63, 3.8) is 0 Å². The Balaban J connectivity index is 1.31. The standard InChI is InChI=1S/C30H40N4O4/c1-19(32-30(37)38)20-9-11-22(12-10-20)29(36)34-17-15-25(21-6-3-2-4-7-21)27(34)28(35)33-24-13-14-26-23(18-24)8-5-16-31-26/h5,8,13-14,16,18-22,25,27,32H,2-4,6-7,9-12,15,17H2,1H3,(H,33,35)(H,37,38)/t19?,20?,22?,25-,27+/m1/s1. The second-order valence-electron chi connectivity index (χ2n) is 11.6. The number of nitrogens with zero attached hydrogens (tertiary/aromatic N) is 2. The van der Waals surface area contributed by atoms with Crippen molar-refractivity contribution in [2.45, 2.75) is 83.2 Å². The van der Waals surface area contributed by atoms with Gasteiger partial charge < -0.3 is 20.6 Å². The number of benzene rings is 1. The Kier molecular flexibility index (Phi) is 8.15. The highest BCUT2D eigenvalue weighted by Crippen LogP contribution is 2.41. The topological polar surface area (TPSA) is 112 Å². The van der Waals surface area contributed by atoms with Crippen molar-refractivity contribution in [3.8, 4) is 0 Å². The number of carbonyl (C=O) groups excluding carboxylic acids is 2. The van der Waals surface area contributed by atoms with Crippen LogP contribution in [-0.4, -0.2) is 51.5 Å². The van der Waals surface area contributed by atoms with E-state index < -0.39 is 12.1 Å². The lowest BCUT2D eigenvalue weighted by atomic mass is 9.76. The van der Waals surface area contributed by atoms with E-state index in [4.69, 9.17) is 5.11 Å². The van der Waals surface area contributed by atoms with Gasteiger partial charge in [0.2, 0.25) is 11.8 Å². The van der Waals surface area contributed by atoms with E-state index in [0.29, 0.717) is 12.5 Å². The van der Waals surface area contributed by atoms with E-state index in [2.05, 4.69) is 15.6 Å². The van der Waals surface area contributed by atoms with E-state index in [1.807, 2.05) is 42.2 Å². The summed E-state index contributed by atoms with van der Waals surface area (Å²) < 4.78 is 0. The first-order chi connectivity index (χ1) is 18.4. The lowest BCUT2D eigenvalue weighted by Gasteiger charge is -2.37. The Morgan fingerprint density at radius 1 is 1.00 bits per heavy atom. The first-order valence-electron chi connectivity index (χ1n) is 14.4. The number of hydrogen-bond donors (Lipinski definition) is 3. The summed E-state index contributed by atoms with van der Waals surface area (Å²) in [5.74, 6) is 0.834. The molecule has 1 unspecified atom stereocenters. The zero-order valence-corrected chi connectivity index (χ0v) is 22.3. The summed E-state index contributed by atoms with van der Waals surface area (Å²) in [6.07, 6.45) is 10.7. The Morgan fingerprint density at radius 3 is 2.50 bits per heavy atom. The van der Waals surface area contributed by atoms with Crippen LogP contribution in [0.4, 0.5) is 10.5 Å². The molecule has 204 valence electrons. The number of carbonyl (C=O) groups is 3. The molecular weight excluding hydrogens is 480 g/mol. The molecule has 2 heterocycles. The van der Waals surface area contributed by atoms with Gasteiger partial charge in [0.05, 0.1) is 5.52 Å². The number of nitrogens with one attached hydrogen (secondary N) is 2. The van der Waals surface area contributed by atoms with E-state index >= 15 is 0 Å². The SMILES string of the molecule is CC(NC(=O)O)C1CCC(C(=O)N2CC[C@H](C3CCCCC3)[C@H]2C(=O)Nc2ccc3ncccc3c2)CC1. The van der Waals surface area contributed by atoms with Crippen molar-refractivity contribution in [2.75, 3.05) is 11.9 Å². The minimum Gasteiger partial charge on any atom is -0.465 e. The number of fused-ring (bicyclic) bond motifs is 1. The third-order valence-electron chi connectivity index (χ3n) is 9.30. The predicted octanol–water partition coefficient (Wildman–Crippen LogP) is 5.43. The normalized spacial score (nSPS) is 27.1. The predicted molar refractivity (Wildman–Crippen MR) is 147 cm³/mol. The third-order valence-corrected chi connectivity index (χ3v) is 9.30. The fourth-order valence-electron chi connectivity index (χ4n) is 7.24. The number of aromatic nitrogens is 1. The molecule has 0 radical (unpaired) electrons. The summed E-state index contributed by atoms with van der Waals surface area (Å²) in [5.41, 5.74) is 1.62. The van der Waals surface area contributed by atoms with Crippen LogP contribution in [0.25, 0.3) is 10.9 Å². The van der Waals surface area contributed by atoms with Gasteiger partial charge in [0.1, 0.15) is 6.04 Å². The maximum absolute atomic E-state index is 13.9. The van der Waals surface area contributed by atoms with Gasteiger partial charge in [-0.25, -0.2) is 4.79 Å². The van der Waals surface area contributed by atoms with Crippen LogP contribution in [0.5, 0.6) is 0 Å². The average Bonchev–Trinajstić information content (AvgIpc) is 3.38. The highest BCUT2D eigenvalue weighted by Gasteiger charge is 2.47. The maximum Gasteiger partial charge on any atom is 0.404 e. The second-order valence-corrected chi connectivity index (χ2v) is 11.6. The number of likely N-dealkylation sites (tertiary alicyclic amines) is 1. The average molecular weight is 521 g/mol. The van der Waals surface area contributed by atoms with E-state index in [1.54, 1.807) is 6.20 Å². The zero-order valence-electron chi connectivity index (χ0n) is 22.3. The van der Waals surface area contributed by atoms with Gasteiger partial charge in [-0.1, -0.05) is 38.2 Å². The molecule has 8 heteroatoms. The highest BCUT2D eigenvalue weighted by molar-refractivity contribution is 5.99. The van der Waals surface area contributed by atoms with Gasteiger partial charge in [-0.15, -0.1) is 0 Å². The molecule has 3 atom stereocenters. The molecule has 0 bridgehead atoms. The van der Waals surface area contributed by atoms with E-state index in [0.717, 1.165) is 61.5 Å². The van der Waals surface area contributed by atoms with Crippen LogP contribution in [0.1, 0.15) is 71.1 Å². The molecule has 3 N–H and O–H groups in total. The van der Waals surface area contributed by atoms with Crippen molar-refractivity contribution >= 4 is 34.5 Å². The number of amides is 3. The quantitative estimate of drug-likeness (QED) is 0.470. The summed E-state index contributed by atoms with van der Waals surface area (Å²) in [6, 6.07) is 9.05. The van der Waals surface area contributed by atoms with Crippen LogP contribution in [0, 0.1) is 23.7 Å². The zero-order chi connectivity index (χ0) is 26.6. The molecule has 38 heavy (non-hydrogen) atoms. The van der Waals surface area contributed by atoms with Gasteiger partial charge in [0, 0.05) is 35.8 Å². The number of rotatable bonds is 6. The van der Waals surface area contributed by atoms with Crippen molar-refractivity contribution in [3.05, 3.63) is 36.5 Å². The van der Waals surface area contributed by atoms with Crippen LogP contribution < -0.4 is 10.6 Å². The summed E-state index contributed by atoms with van der Waals surface area (Å²) >= 11 is 0. The molecule has 3 aliphatic rings. The van der Waals surface area contributed by atoms with Crippen LogP contribution in [-0.2, 0) is 9.59 Å². The third kappa shape index (κ3) is 5.79. The molecule has 2 saturated carbocycles. The molecule has 1 aliphatic heterocycles. The Labute approximate surface area is 224 Å². The summed E-state index contributed by atoms with van der Waals surface area (Å²) in [5, 5.41) is 15.7. The Hall–Kier alpha value is -3.16. The fourth-order valence-corrected chi connectivity index (χ4v) is 7.24. The van der Waals surface area contributed by atoms with Gasteiger partial charge in [0.15, 0.2) is 0 Å². The second kappa shape index (κ2) is 11.7. The fraction of sp³-hybridized carbons (Fsp3) is 0.600. The van der Waals surface area contributed by atoms with E-state index in [-0.39, 0.29) is 35.6 Å². The number of hydrogen-bond acceptors (Lipinski definition) is 4. The van der Waals surface area contributed by atoms with Crippen LogP contribution in [0.2, 0.25) is 0 Å². The lowest BCUT2D eigenvalue weighted by Crippen LogP contribution is -2.50. The van der Waals surface area contributed by atoms with Crippen molar-refractivity contribution < 1.29 is 19.5 Å². The molecule has 1 saturated heterocycles. The van der Waals surface area contributed by atoms with Crippen molar-refractivity contribution in [1.29, 1.82) is 0 Å². The molecule has 5 rings (SSSR count). The van der Waals surface area contributed by atoms with Crippen LogP contribution in [0.15, 0.2) is 36.5 Å². The molecule has 1 aromatic heterocycles. The Morgan fingerprint density at radius 2 is 1.76 bits per heavy atom. The first kappa shape index (κ1) is 26.4. The maximum atomic E-state index is 13.9. The molecular formula is C30H40N4O4. The van der Waals surface area contributed by atoms with Gasteiger partial charge in [0.25, 0.3) is 0 Å². The summed E-state index contributed by atoms with van der Waals surface area (Å²) in [6.45, 7) is 2.54.